The molecule has 1 aromatic carbocycles. The largest absolute Gasteiger partial charge is 1.00 e. The summed E-state index contributed by atoms with van der Waals surface area (Å²) in [6.07, 6.45) is 0. The van der Waals surface area contributed by atoms with Gasteiger partial charge in [-0.2, -0.15) is 0 Å². The Kier molecular flexibility index (Phi) is 3.66. The fourth-order valence-corrected chi connectivity index (χ4v) is 0.568. The summed E-state index contributed by atoms with van der Waals surface area (Å²) in [5.74, 6) is -0.217. The molecule has 0 amide bonds. The van der Waals surface area contributed by atoms with Crippen molar-refractivity contribution in [3.63, 3.8) is 0 Å². The molecule has 0 aliphatic rings. The number of non-ortho nitro benzene ring substituents is 1. The number of rotatable bonds is 1. The van der Waals surface area contributed by atoms with E-state index in [9.17, 15) is 15.2 Å². The van der Waals surface area contributed by atoms with Crippen molar-refractivity contribution in [3.8, 4) is 5.75 Å². The van der Waals surface area contributed by atoms with Crippen molar-refractivity contribution in [2.75, 3.05) is 0 Å². The molecule has 11 heavy (non-hydrogen) atoms. The molecule has 0 aromatic heterocycles. The van der Waals surface area contributed by atoms with E-state index in [1.165, 1.54) is 12.1 Å². The summed E-state index contributed by atoms with van der Waals surface area (Å²) in [5, 5.41) is 20.4. The Balaban J connectivity index is 0.000001000. The van der Waals surface area contributed by atoms with Gasteiger partial charge < -0.3 is 5.11 Å². The molecule has 5 heteroatoms. The minimum absolute atomic E-state index is 0. The van der Waals surface area contributed by atoms with E-state index in [-0.39, 0.29) is 30.3 Å². The van der Waals surface area contributed by atoms with Crippen molar-refractivity contribution in [2.24, 2.45) is 0 Å². The van der Waals surface area contributed by atoms with Crippen LogP contribution in [0.15, 0.2) is 24.3 Å². The van der Waals surface area contributed by atoms with Crippen molar-refractivity contribution in [3.05, 3.63) is 34.4 Å². The third-order valence-corrected chi connectivity index (χ3v) is 1.05. The van der Waals surface area contributed by atoms with E-state index in [0.717, 1.165) is 12.1 Å². The second kappa shape index (κ2) is 4.01. The van der Waals surface area contributed by atoms with Gasteiger partial charge in [-0.15, -0.1) is 5.75 Å². The molecule has 0 unspecified atom stereocenters. The van der Waals surface area contributed by atoms with Crippen LogP contribution in [0.3, 0.4) is 0 Å². The van der Waals surface area contributed by atoms with Crippen molar-refractivity contribution in [2.45, 2.75) is 0 Å². The molecule has 0 saturated carbocycles. The number of nitro groups is 1. The molecule has 4 nitrogen and oxygen atoms in total. The smallest absolute Gasteiger partial charge is 0.872 e. The van der Waals surface area contributed by atoms with Gasteiger partial charge in [0.15, 0.2) is 0 Å². The summed E-state index contributed by atoms with van der Waals surface area (Å²) in [4.78, 5) is 9.47. The van der Waals surface area contributed by atoms with Gasteiger partial charge in [-0.25, -0.2) is 0 Å². The quantitative estimate of drug-likeness (QED) is 0.253. The molecular weight excluding hydrogens is 141 g/mol. The zero-order chi connectivity index (χ0) is 7.56. The SMILES string of the molecule is O=[N+]([O-])c1ccc([O-])cc1.[Li+]. The maximum absolute atomic E-state index is 10.4. The van der Waals surface area contributed by atoms with Crippen LogP contribution in [0, 0.1) is 10.1 Å². The average molecular weight is 145 g/mol. The minimum atomic E-state index is -0.542. The Labute approximate surface area is 75.2 Å². The van der Waals surface area contributed by atoms with E-state index in [4.69, 9.17) is 0 Å². The standard InChI is InChI=1S/C6H5NO3.Li/c8-6-3-1-5(2-4-6)7(9)10;/h1-4,8H;/q;+1/p-1. The zero-order valence-electron chi connectivity index (χ0n) is 5.98. The fraction of sp³-hybridized carbons (Fsp3) is 0. The van der Waals surface area contributed by atoms with Crippen LogP contribution in [0.2, 0.25) is 0 Å². The minimum Gasteiger partial charge on any atom is -0.872 e. The monoisotopic (exact) mass is 145 g/mol. The summed E-state index contributed by atoms with van der Waals surface area (Å²) in [7, 11) is 0. The third kappa shape index (κ3) is 2.62. The maximum atomic E-state index is 10.4. The first-order valence-electron chi connectivity index (χ1n) is 2.61. The van der Waals surface area contributed by atoms with Gasteiger partial charge in [0.25, 0.3) is 5.69 Å². The molecule has 1 rings (SSSR count). The molecular formula is C6H4LiNO3. The molecule has 1 aromatic rings. The van der Waals surface area contributed by atoms with E-state index in [0.29, 0.717) is 0 Å². The molecule has 0 spiro atoms. The summed E-state index contributed by atoms with van der Waals surface area (Å²) in [6, 6.07) is 4.70. The van der Waals surface area contributed by atoms with Crippen LogP contribution in [0.25, 0.3) is 0 Å². The van der Waals surface area contributed by atoms with Gasteiger partial charge in [0.2, 0.25) is 0 Å². The maximum Gasteiger partial charge on any atom is 1.00 e. The second-order valence-corrected chi connectivity index (χ2v) is 1.75. The van der Waals surface area contributed by atoms with Gasteiger partial charge in [-0.3, -0.25) is 10.1 Å². The van der Waals surface area contributed by atoms with Crippen LogP contribution in [0.4, 0.5) is 5.69 Å². The van der Waals surface area contributed by atoms with E-state index in [1.807, 2.05) is 0 Å². The summed E-state index contributed by atoms with van der Waals surface area (Å²) < 4.78 is 0. The van der Waals surface area contributed by atoms with E-state index in [1.54, 1.807) is 0 Å². The Morgan fingerprint density at radius 3 is 2.00 bits per heavy atom. The number of nitrogens with zero attached hydrogens (tertiary/aromatic N) is 1. The van der Waals surface area contributed by atoms with Crippen LogP contribution in [-0.4, -0.2) is 4.92 Å². The van der Waals surface area contributed by atoms with Crippen LogP contribution >= 0.6 is 0 Å². The van der Waals surface area contributed by atoms with Gasteiger partial charge in [-0.05, 0) is 0 Å². The van der Waals surface area contributed by atoms with Gasteiger partial charge >= 0.3 is 18.9 Å². The molecule has 0 fully saturated rings. The Hall–Kier alpha value is -0.983. The van der Waals surface area contributed by atoms with E-state index >= 15 is 0 Å². The molecule has 0 radical (unpaired) electrons. The average Bonchev–Trinajstić information content (AvgIpc) is 1.88. The summed E-state index contributed by atoms with van der Waals surface area (Å²) >= 11 is 0. The molecule has 0 heterocycles. The van der Waals surface area contributed by atoms with Crippen molar-refractivity contribution in [1.29, 1.82) is 0 Å². The van der Waals surface area contributed by atoms with Gasteiger partial charge in [-0.1, -0.05) is 12.1 Å². The molecule has 0 aliphatic heterocycles. The van der Waals surface area contributed by atoms with Crippen LogP contribution in [0.5, 0.6) is 5.75 Å². The molecule has 0 saturated heterocycles. The predicted molar refractivity (Wildman–Crippen MR) is 32.5 cm³/mol. The fourth-order valence-electron chi connectivity index (χ4n) is 0.568. The first kappa shape index (κ1) is 10.0. The molecule has 52 valence electrons. The normalized spacial score (nSPS) is 8.36. The zero-order valence-corrected chi connectivity index (χ0v) is 5.98. The number of hydrogen-bond donors (Lipinski definition) is 0. The van der Waals surface area contributed by atoms with Crippen molar-refractivity contribution >= 4 is 5.69 Å². The van der Waals surface area contributed by atoms with E-state index < -0.39 is 4.92 Å². The number of benzene rings is 1. The van der Waals surface area contributed by atoms with Crippen LogP contribution < -0.4 is 24.0 Å². The van der Waals surface area contributed by atoms with Gasteiger partial charge in [0, 0.05) is 12.1 Å². The number of hydrogen-bond acceptors (Lipinski definition) is 3. The topological polar surface area (TPSA) is 66.2 Å². The van der Waals surface area contributed by atoms with Gasteiger partial charge in [0.1, 0.15) is 0 Å². The van der Waals surface area contributed by atoms with E-state index in [2.05, 4.69) is 0 Å². The summed E-state index contributed by atoms with van der Waals surface area (Å²) in [6.45, 7) is 0. The Morgan fingerprint density at radius 2 is 1.64 bits per heavy atom. The first-order chi connectivity index (χ1) is 4.70. The Morgan fingerprint density at radius 1 is 1.18 bits per heavy atom. The number of nitro benzene ring substituents is 1. The summed E-state index contributed by atoms with van der Waals surface area (Å²) in [5.41, 5.74) is -0.0559. The second-order valence-electron chi connectivity index (χ2n) is 1.75. The van der Waals surface area contributed by atoms with Crippen molar-refractivity contribution < 1.29 is 28.9 Å². The Bertz CT molecular complexity index is 247. The predicted octanol–water partition coefficient (Wildman–Crippen LogP) is -2.33. The molecule has 0 bridgehead atoms. The first-order valence-corrected chi connectivity index (χ1v) is 2.61. The van der Waals surface area contributed by atoms with Crippen molar-refractivity contribution in [1.82, 2.24) is 0 Å². The van der Waals surface area contributed by atoms with Gasteiger partial charge in [0.05, 0.1) is 4.92 Å². The van der Waals surface area contributed by atoms with Crippen LogP contribution in [0.1, 0.15) is 0 Å². The molecule has 0 N–H and O–H groups in total. The molecule has 0 aliphatic carbocycles. The molecule has 0 atom stereocenters. The third-order valence-electron chi connectivity index (χ3n) is 1.05. The van der Waals surface area contributed by atoms with Crippen LogP contribution in [-0.2, 0) is 0 Å².